The summed E-state index contributed by atoms with van der Waals surface area (Å²) in [5.41, 5.74) is 6.00. The number of hydrazone groups is 1. The number of carbonyl (C=O) groups excluding carboxylic acids is 1. The van der Waals surface area contributed by atoms with Gasteiger partial charge in [0.25, 0.3) is 0 Å². The summed E-state index contributed by atoms with van der Waals surface area (Å²) in [6.45, 7) is 0. The van der Waals surface area contributed by atoms with E-state index in [-0.39, 0.29) is 23.7 Å². The lowest BCUT2D eigenvalue weighted by Crippen LogP contribution is -2.20. The molecule has 1 N–H and O–H groups in total. The van der Waals surface area contributed by atoms with Crippen LogP contribution in [-0.4, -0.2) is 19.2 Å². The molecule has 3 aromatic carbocycles. The lowest BCUT2D eigenvalue weighted by molar-refractivity contribution is -0.122. The maximum atomic E-state index is 12.8. The second-order valence-electron chi connectivity index (χ2n) is 6.91. The summed E-state index contributed by atoms with van der Waals surface area (Å²) in [6, 6.07) is 28.0. The molecule has 0 radical (unpaired) electrons. The van der Waals surface area contributed by atoms with E-state index in [9.17, 15) is 4.79 Å². The van der Waals surface area contributed by atoms with Gasteiger partial charge in [0.2, 0.25) is 5.91 Å². The van der Waals surface area contributed by atoms with Crippen LogP contribution < -0.4 is 10.2 Å². The minimum Gasteiger partial charge on any atom is -0.497 e. The van der Waals surface area contributed by atoms with Crippen LogP contribution in [0, 0.1) is 5.92 Å². The molecule has 0 saturated heterocycles. The summed E-state index contributed by atoms with van der Waals surface area (Å²) in [7, 11) is 1.63. The largest absolute Gasteiger partial charge is 0.497 e. The van der Waals surface area contributed by atoms with Gasteiger partial charge in [0.1, 0.15) is 5.75 Å². The number of hydrogen-bond donors (Lipinski definition) is 1. The molecule has 1 amide bonds. The van der Waals surface area contributed by atoms with Gasteiger partial charge in [-0.3, -0.25) is 4.79 Å². The van der Waals surface area contributed by atoms with E-state index in [2.05, 4.69) is 34.8 Å². The highest BCUT2D eigenvalue weighted by Crippen LogP contribution is 2.60. The van der Waals surface area contributed by atoms with Gasteiger partial charge in [0.15, 0.2) is 0 Å². The Hall–Kier alpha value is -3.40. The van der Waals surface area contributed by atoms with Crippen molar-refractivity contribution in [3.63, 3.8) is 0 Å². The standard InChI is InChI=1S/C24H22N2O2/c1-28-20-14-12-17(13-15-20)16-25-26-24(27)23-21(18-8-4-2-5-9-18)22(23)19-10-6-3-7-11-19/h2-16,21-23H,1H3,(H,26,27)/b25-16+. The number of methoxy groups -OCH3 is 1. The predicted molar refractivity (Wildman–Crippen MR) is 111 cm³/mol. The van der Waals surface area contributed by atoms with E-state index >= 15 is 0 Å². The number of nitrogens with one attached hydrogen (secondary N) is 1. The molecule has 4 heteroatoms. The first-order chi connectivity index (χ1) is 13.8. The first kappa shape index (κ1) is 18.0. The quantitative estimate of drug-likeness (QED) is 0.518. The Balaban J connectivity index is 1.47. The minimum absolute atomic E-state index is 0.0486. The molecule has 1 fully saturated rings. The van der Waals surface area contributed by atoms with Crippen molar-refractivity contribution in [1.29, 1.82) is 0 Å². The number of ether oxygens (including phenoxy) is 1. The minimum atomic E-state index is -0.113. The molecule has 4 nitrogen and oxygen atoms in total. The number of rotatable bonds is 6. The molecule has 0 bridgehead atoms. The van der Waals surface area contributed by atoms with E-state index in [0.717, 1.165) is 11.3 Å². The van der Waals surface area contributed by atoms with Crippen molar-refractivity contribution < 1.29 is 9.53 Å². The van der Waals surface area contributed by atoms with E-state index in [4.69, 9.17) is 4.74 Å². The van der Waals surface area contributed by atoms with Gasteiger partial charge in [-0.2, -0.15) is 5.10 Å². The second kappa shape index (κ2) is 8.09. The van der Waals surface area contributed by atoms with E-state index in [1.807, 2.05) is 60.7 Å². The summed E-state index contributed by atoms with van der Waals surface area (Å²) in [5, 5.41) is 4.15. The van der Waals surface area contributed by atoms with Gasteiger partial charge in [0, 0.05) is 11.8 Å². The van der Waals surface area contributed by atoms with Crippen LogP contribution in [0.5, 0.6) is 5.75 Å². The maximum Gasteiger partial charge on any atom is 0.244 e. The van der Waals surface area contributed by atoms with Crippen molar-refractivity contribution in [2.45, 2.75) is 11.8 Å². The topological polar surface area (TPSA) is 50.7 Å². The molecule has 1 aliphatic carbocycles. The Morgan fingerprint density at radius 3 is 1.89 bits per heavy atom. The fraction of sp³-hybridized carbons (Fsp3) is 0.167. The van der Waals surface area contributed by atoms with Crippen molar-refractivity contribution in [2.24, 2.45) is 11.0 Å². The summed E-state index contributed by atoms with van der Waals surface area (Å²) in [4.78, 5) is 12.8. The van der Waals surface area contributed by atoms with Gasteiger partial charge in [-0.1, -0.05) is 60.7 Å². The SMILES string of the molecule is COc1ccc(/C=N/NC(=O)C2C(c3ccccc3)C2c2ccccc2)cc1. The van der Waals surface area contributed by atoms with Gasteiger partial charge in [-0.25, -0.2) is 5.43 Å². The van der Waals surface area contributed by atoms with Crippen LogP contribution in [0.15, 0.2) is 90.0 Å². The van der Waals surface area contributed by atoms with Crippen LogP contribution in [0.25, 0.3) is 0 Å². The highest BCUT2D eigenvalue weighted by Gasteiger charge is 2.55. The van der Waals surface area contributed by atoms with Gasteiger partial charge in [0.05, 0.1) is 19.2 Å². The molecule has 3 aromatic rings. The number of carbonyl (C=O) groups is 1. The van der Waals surface area contributed by atoms with Gasteiger partial charge in [-0.05, 0) is 41.0 Å². The van der Waals surface area contributed by atoms with Crippen molar-refractivity contribution >= 4 is 12.1 Å². The molecular weight excluding hydrogens is 348 g/mol. The number of benzene rings is 3. The normalized spacial score (nSPS) is 20.7. The third-order valence-electron chi connectivity index (χ3n) is 5.20. The fourth-order valence-corrected chi connectivity index (χ4v) is 3.75. The molecular formula is C24H22N2O2. The Morgan fingerprint density at radius 1 is 0.857 bits per heavy atom. The maximum absolute atomic E-state index is 12.8. The van der Waals surface area contributed by atoms with Gasteiger partial charge in [-0.15, -0.1) is 0 Å². The predicted octanol–water partition coefficient (Wildman–Crippen LogP) is 4.34. The van der Waals surface area contributed by atoms with Crippen molar-refractivity contribution in [3.8, 4) is 5.75 Å². The molecule has 0 aromatic heterocycles. The zero-order chi connectivity index (χ0) is 19.3. The summed E-state index contributed by atoms with van der Waals surface area (Å²) in [6.07, 6.45) is 1.65. The van der Waals surface area contributed by atoms with E-state index in [1.165, 1.54) is 11.1 Å². The van der Waals surface area contributed by atoms with Gasteiger partial charge < -0.3 is 4.74 Å². The number of hydrogen-bond acceptors (Lipinski definition) is 3. The summed E-state index contributed by atoms with van der Waals surface area (Å²) in [5.74, 6) is 0.987. The van der Waals surface area contributed by atoms with Crippen molar-refractivity contribution in [3.05, 3.63) is 102 Å². The molecule has 0 heterocycles. The van der Waals surface area contributed by atoms with Crippen molar-refractivity contribution in [1.82, 2.24) is 5.43 Å². The average Bonchev–Trinajstić information content (AvgIpc) is 3.51. The van der Waals surface area contributed by atoms with Crippen LogP contribution in [0.2, 0.25) is 0 Å². The molecule has 28 heavy (non-hydrogen) atoms. The van der Waals surface area contributed by atoms with E-state index in [1.54, 1.807) is 13.3 Å². The van der Waals surface area contributed by atoms with Crippen LogP contribution in [0.4, 0.5) is 0 Å². The second-order valence-corrected chi connectivity index (χ2v) is 6.91. The Morgan fingerprint density at radius 2 is 1.39 bits per heavy atom. The third kappa shape index (κ3) is 3.81. The number of amides is 1. The van der Waals surface area contributed by atoms with E-state index < -0.39 is 0 Å². The highest BCUT2D eigenvalue weighted by molar-refractivity contribution is 5.87. The third-order valence-corrected chi connectivity index (χ3v) is 5.20. The Labute approximate surface area is 164 Å². The lowest BCUT2D eigenvalue weighted by atomic mass is 10.0. The lowest BCUT2D eigenvalue weighted by Gasteiger charge is -2.01. The molecule has 140 valence electrons. The zero-order valence-electron chi connectivity index (χ0n) is 15.7. The highest BCUT2D eigenvalue weighted by atomic mass is 16.5. The molecule has 2 unspecified atom stereocenters. The van der Waals surface area contributed by atoms with E-state index in [0.29, 0.717) is 0 Å². The smallest absolute Gasteiger partial charge is 0.244 e. The fourth-order valence-electron chi connectivity index (χ4n) is 3.75. The van der Waals surface area contributed by atoms with Crippen LogP contribution in [0.1, 0.15) is 28.5 Å². The van der Waals surface area contributed by atoms with Gasteiger partial charge >= 0.3 is 0 Å². The van der Waals surface area contributed by atoms with Crippen LogP contribution in [0.3, 0.4) is 0 Å². The molecule has 2 atom stereocenters. The Kier molecular flexibility index (Phi) is 5.20. The first-order valence-corrected chi connectivity index (χ1v) is 9.35. The molecule has 0 spiro atoms. The summed E-state index contributed by atoms with van der Waals surface area (Å²) >= 11 is 0. The molecule has 1 aliphatic rings. The van der Waals surface area contributed by atoms with Crippen LogP contribution in [-0.2, 0) is 4.79 Å². The summed E-state index contributed by atoms with van der Waals surface area (Å²) < 4.78 is 5.15. The molecule has 0 aliphatic heterocycles. The number of nitrogens with zero attached hydrogens (tertiary/aromatic N) is 1. The zero-order valence-corrected chi connectivity index (χ0v) is 15.7. The van der Waals surface area contributed by atoms with Crippen LogP contribution >= 0.6 is 0 Å². The monoisotopic (exact) mass is 370 g/mol. The Bertz CT molecular complexity index is 907. The molecule has 1 saturated carbocycles. The first-order valence-electron chi connectivity index (χ1n) is 9.35. The van der Waals surface area contributed by atoms with Crippen molar-refractivity contribution in [2.75, 3.05) is 7.11 Å². The molecule has 4 rings (SSSR count). The average molecular weight is 370 g/mol.